The van der Waals surface area contributed by atoms with Crippen molar-refractivity contribution in [3.8, 4) is 0 Å². The van der Waals surface area contributed by atoms with Crippen LogP contribution in [-0.2, 0) is 0 Å². The van der Waals surface area contributed by atoms with E-state index in [1.54, 1.807) is 23.1 Å². The molecule has 3 rings (SSSR count). The number of carbonyl (C=O) groups excluding carboxylic acids is 1. The summed E-state index contributed by atoms with van der Waals surface area (Å²) < 4.78 is 14.4. The Morgan fingerprint density at radius 1 is 1.21 bits per heavy atom. The van der Waals surface area contributed by atoms with E-state index >= 15 is 0 Å². The monoisotopic (exact) mass is 386 g/mol. The molecule has 0 N–H and O–H groups in total. The van der Waals surface area contributed by atoms with E-state index in [2.05, 4.69) is 20.9 Å². The van der Waals surface area contributed by atoms with Crippen molar-refractivity contribution in [1.29, 1.82) is 0 Å². The summed E-state index contributed by atoms with van der Waals surface area (Å²) in [6, 6.07) is 13.5. The van der Waals surface area contributed by atoms with Crippen molar-refractivity contribution in [1.82, 2.24) is 4.98 Å². The van der Waals surface area contributed by atoms with Crippen LogP contribution >= 0.6 is 15.9 Å². The van der Waals surface area contributed by atoms with Gasteiger partial charge in [0.15, 0.2) is 0 Å². The van der Waals surface area contributed by atoms with Gasteiger partial charge in [0.2, 0.25) is 0 Å². The number of fused-ring (bicyclic) bond motifs is 1. The van der Waals surface area contributed by atoms with E-state index in [1.165, 1.54) is 12.1 Å². The molecule has 0 atom stereocenters. The second kappa shape index (κ2) is 6.69. The molecule has 0 aliphatic rings. The van der Waals surface area contributed by atoms with E-state index in [0.717, 1.165) is 21.1 Å². The second-order valence-corrected chi connectivity index (χ2v) is 6.42. The quantitative estimate of drug-likeness (QED) is 0.626. The smallest absolute Gasteiger partial charge is 0.259 e. The molecule has 1 aromatic heterocycles. The molecule has 5 heteroatoms. The van der Waals surface area contributed by atoms with Crippen molar-refractivity contribution >= 4 is 38.4 Å². The van der Waals surface area contributed by atoms with E-state index in [-0.39, 0.29) is 11.7 Å². The third kappa shape index (κ3) is 3.17. The maximum atomic E-state index is 13.5. The van der Waals surface area contributed by atoms with Crippen LogP contribution in [0.5, 0.6) is 0 Å². The number of benzene rings is 2. The van der Waals surface area contributed by atoms with Crippen molar-refractivity contribution < 1.29 is 9.18 Å². The number of hydrogen-bond acceptors (Lipinski definition) is 2. The molecule has 0 fully saturated rings. The normalized spacial score (nSPS) is 10.8. The molecule has 3 nitrogen and oxygen atoms in total. The summed E-state index contributed by atoms with van der Waals surface area (Å²) in [5, 5.41) is 0.781. The van der Waals surface area contributed by atoms with Gasteiger partial charge >= 0.3 is 0 Å². The first-order valence-electron chi connectivity index (χ1n) is 7.64. The lowest BCUT2D eigenvalue weighted by Crippen LogP contribution is -2.31. The van der Waals surface area contributed by atoms with Crippen LogP contribution in [0.4, 0.5) is 10.1 Å². The predicted molar refractivity (Wildman–Crippen MR) is 97.9 cm³/mol. The summed E-state index contributed by atoms with van der Waals surface area (Å²) in [6.45, 7) is 4.17. The molecule has 0 unspecified atom stereocenters. The minimum atomic E-state index is -0.363. The Hall–Kier alpha value is -2.27. The lowest BCUT2D eigenvalue weighted by atomic mass is 10.1. The van der Waals surface area contributed by atoms with Crippen molar-refractivity contribution in [3.63, 3.8) is 0 Å². The number of amides is 1. The molecular weight excluding hydrogens is 371 g/mol. The summed E-state index contributed by atoms with van der Waals surface area (Å²) in [6.07, 6.45) is 0. The molecule has 0 radical (unpaired) electrons. The average molecular weight is 387 g/mol. The molecular formula is C19H16BrFN2O. The minimum absolute atomic E-state index is 0.166. The maximum Gasteiger partial charge on any atom is 0.259 e. The number of anilines is 1. The first kappa shape index (κ1) is 16.6. The van der Waals surface area contributed by atoms with Gasteiger partial charge in [0.1, 0.15) is 5.82 Å². The van der Waals surface area contributed by atoms with Gasteiger partial charge in [-0.25, -0.2) is 4.39 Å². The van der Waals surface area contributed by atoms with Crippen LogP contribution in [0.25, 0.3) is 10.9 Å². The van der Waals surface area contributed by atoms with Crippen LogP contribution in [0.2, 0.25) is 0 Å². The van der Waals surface area contributed by atoms with Gasteiger partial charge in [-0.05, 0) is 50.2 Å². The second-order valence-electron chi connectivity index (χ2n) is 5.50. The molecule has 122 valence electrons. The highest BCUT2D eigenvalue weighted by molar-refractivity contribution is 9.10. The molecule has 0 saturated carbocycles. The number of aromatic nitrogens is 1. The van der Waals surface area contributed by atoms with Crippen LogP contribution in [0, 0.1) is 12.7 Å². The van der Waals surface area contributed by atoms with Gasteiger partial charge in [-0.3, -0.25) is 9.78 Å². The lowest BCUT2D eigenvalue weighted by Gasteiger charge is -2.22. The van der Waals surface area contributed by atoms with Gasteiger partial charge in [-0.2, -0.15) is 0 Å². The molecule has 1 heterocycles. The first-order valence-corrected chi connectivity index (χ1v) is 8.43. The molecule has 24 heavy (non-hydrogen) atoms. The third-order valence-electron chi connectivity index (χ3n) is 3.81. The zero-order valence-corrected chi connectivity index (χ0v) is 15.0. The topological polar surface area (TPSA) is 33.2 Å². The highest BCUT2D eigenvalue weighted by Crippen LogP contribution is 2.25. The summed E-state index contributed by atoms with van der Waals surface area (Å²) in [5.74, 6) is -0.528. The zero-order chi connectivity index (χ0) is 17.3. The van der Waals surface area contributed by atoms with Gasteiger partial charge in [0.25, 0.3) is 5.91 Å². The van der Waals surface area contributed by atoms with E-state index < -0.39 is 0 Å². The Morgan fingerprint density at radius 3 is 2.71 bits per heavy atom. The van der Waals surface area contributed by atoms with Crippen LogP contribution in [-0.4, -0.2) is 17.4 Å². The van der Waals surface area contributed by atoms with Gasteiger partial charge in [-0.15, -0.1) is 0 Å². The number of carbonyl (C=O) groups is 1. The highest BCUT2D eigenvalue weighted by Gasteiger charge is 2.20. The number of rotatable bonds is 3. The van der Waals surface area contributed by atoms with E-state index in [9.17, 15) is 9.18 Å². The number of hydrogen-bond donors (Lipinski definition) is 0. The van der Waals surface area contributed by atoms with Gasteiger partial charge in [-0.1, -0.05) is 28.1 Å². The number of pyridine rings is 1. The largest absolute Gasteiger partial charge is 0.309 e. The maximum absolute atomic E-state index is 13.5. The fraction of sp³-hybridized carbons (Fsp3) is 0.158. The Morgan fingerprint density at radius 2 is 2.00 bits per heavy atom. The van der Waals surface area contributed by atoms with Crippen LogP contribution < -0.4 is 4.90 Å². The van der Waals surface area contributed by atoms with Crippen LogP contribution in [0.3, 0.4) is 0 Å². The first-order chi connectivity index (χ1) is 11.5. The molecule has 0 saturated heterocycles. The highest BCUT2D eigenvalue weighted by atomic mass is 79.9. The fourth-order valence-electron chi connectivity index (χ4n) is 2.74. The van der Waals surface area contributed by atoms with Crippen molar-refractivity contribution in [2.75, 3.05) is 11.4 Å². The average Bonchev–Trinajstić information content (AvgIpc) is 2.54. The molecule has 0 spiro atoms. The molecule has 0 bridgehead atoms. The zero-order valence-electron chi connectivity index (χ0n) is 13.4. The van der Waals surface area contributed by atoms with Crippen molar-refractivity contribution in [2.45, 2.75) is 13.8 Å². The van der Waals surface area contributed by atoms with E-state index in [1.807, 2.05) is 32.0 Å². The minimum Gasteiger partial charge on any atom is -0.309 e. The summed E-state index contributed by atoms with van der Waals surface area (Å²) in [7, 11) is 0. The van der Waals surface area contributed by atoms with Crippen molar-refractivity contribution in [3.05, 3.63) is 70.1 Å². The Balaban J connectivity index is 2.13. The molecule has 3 aromatic rings. The number of halogens is 2. The standard InChI is InChI=1S/C19H16BrFN2O/c1-3-23(15-6-4-5-14(21)11-15)19(24)17-9-12(2)22-18-10-13(20)7-8-16(17)18/h4-11H,3H2,1-2H3. The number of nitrogens with zero attached hydrogens (tertiary/aromatic N) is 2. The van der Waals surface area contributed by atoms with Crippen LogP contribution in [0.1, 0.15) is 23.0 Å². The van der Waals surface area contributed by atoms with Gasteiger partial charge in [0.05, 0.1) is 11.1 Å². The van der Waals surface area contributed by atoms with Gasteiger partial charge < -0.3 is 4.90 Å². The molecule has 1 amide bonds. The SMILES string of the molecule is CCN(C(=O)c1cc(C)nc2cc(Br)ccc12)c1cccc(F)c1. The molecule has 0 aliphatic heterocycles. The Labute approximate surface area is 148 Å². The molecule has 2 aromatic carbocycles. The molecule has 0 aliphatic carbocycles. The fourth-order valence-corrected chi connectivity index (χ4v) is 3.09. The lowest BCUT2D eigenvalue weighted by molar-refractivity contribution is 0.0989. The summed E-state index contributed by atoms with van der Waals surface area (Å²) >= 11 is 3.43. The van der Waals surface area contributed by atoms with Crippen LogP contribution in [0.15, 0.2) is 53.0 Å². The predicted octanol–water partition coefficient (Wildman–Crippen LogP) is 5.11. The number of aryl methyl sites for hydroxylation is 1. The van der Waals surface area contributed by atoms with E-state index in [0.29, 0.717) is 17.8 Å². The van der Waals surface area contributed by atoms with E-state index in [4.69, 9.17) is 0 Å². The summed E-state index contributed by atoms with van der Waals surface area (Å²) in [4.78, 5) is 19.2. The third-order valence-corrected chi connectivity index (χ3v) is 4.30. The Bertz CT molecular complexity index is 921. The van der Waals surface area contributed by atoms with Crippen molar-refractivity contribution in [2.24, 2.45) is 0 Å². The van der Waals surface area contributed by atoms with Gasteiger partial charge in [0, 0.05) is 27.8 Å². The summed E-state index contributed by atoms with van der Waals surface area (Å²) in [5.41, 5.74) is 2.63. The Kier molecular flexibility index (Phi) is 4.62.